The fraction of sp³-hybridized carbons (Fsp3) is 0.385. The molecule has 0 spiro atoms. The smallest absolute Gasteiger partial charge is 0.174 e. The van der Waals surface area contributed by atoms with Crippen molar-refractivity contribution in [1.82, 2.24) is 9.97 Å². The summed E-state index contributed by atoms with van der Waals surface area (Å²) in [5, 5.41) is 0.917. The van der Waals surface area contributed by atoms with E-state index in [9.17, 15) is 0 Å². The summed E-state index contributed by atoms with van der Waals surface area (Å²) in [5.41, 5.74) is 9.30. The van der Waals surface area contributed by atoms with E-state index < -0.39 is 0 Å². The fourth-order valence-corrected chi connectivity index (χ4v) is 3.64. The van der Waals surface area contributed by atoms with Gasteiger partial charge in [-0.1, -0.05) is 25.2 Å². The summed E-state index contributed by atoms with van der Waals surface area (Å²) in [6.45, 7) is 4.36. The lowest BCUT2D eigenvalue weighted by Crippen LogP contribution is -2.27. The molecule has 0 aliphatic heterocycles. The van der Waals surface area contributed by atoms with Crippen molar-refractivity contribution in [3.63, 3.8) is 0 Å². The van der Waals surface area contributed by atoms with Crippen LogP contribution in [0.5, 0.6) is 5.06 Å². The molecule has 2 N–H and O–H groups in total. The summed E-state index contributed by atoms with van der Waals surface area (Å²) < 4.78 is 5.32. The molecule has 0 radical (unpaired) electrons. The molecule has 3 rings (SSSR count). The molecule has 0 bridgehead atoms. The number of nitrogens with two attached hydrogens (primary N) is 1. The molecule has 1 aliphatic carbocycles. The number of hydrogen-bond acceptors (Lipinski definition) is 5. The van der Waals surface area contributed by atoms with Gasteiger partial charge in [0, 0.05) is 5.56 Å². The van der Waals surface area contributed by atoms with E-state index in [1.807, 2.05) is 0 Å². The quantitative estimate of drug-likeness (QED) is 0.857. The van der Waals surface area contributed by atoms with Crippen LogP contribution >= 0.6 is 11.3 Å². The van der Waals surface area contributed by atoms with E-state index in [0.29, 0.717) is 5.82 Å². The molecule has 0 aromatic carbocycles. The summed E-state index contributed by atoms with van der Waals surface area (Å²) in [6.07, 6.45) is 2.47. The lowest BCUT2D eigenvalue weighted by atomic mass is 9.74. The van der Waals surface area contributed by atoms with Gasteiger partial charge < -0.3 is 10.5 Å². The van der Waals surface area contributed by atoms with Crippen LogP contribution in [0.1, 0.15) is 25.0 Å². The second-order valence-corrected chi connectivity index (χ2v) is 6.18. The van der Waals surface area contributed by atoms with Crippen LogP contribution in [0.15, 0.2) is 12.4 Å². The zero-order chi connectivity index (χ0) is 12.9. The first-order valence-electron chi connectivity index (χ1n) is 5.81. The third-order valence-corrected chi connectivity index (χ3v) is 4.53. The Bertz CT molecular complexity index is 619. The number of methoxy groups -OCH3 is 1. The minimum absolute atomic E-state index is 0.0419. The second kappa shape index (κ2) is 3.68. The molecule has 2 aromatic rings. The van der Waals surface area contributed by atoms with Crippen LogP contribution in [0, 0.1) is 0 Å². The molecule has 0 saturated carbocycles. The number of anilines is 1. The van der Waals surface area contributed by atoms with E-state index in [1.54, 1.807) is 18.4 Å². The molecule has 94 valence electrons. The Labute approximate surface area is 110 Å². The summed E-state index contributed by atoms with van der Waals surface area (Å²) in [5.74, 6) is 0.586. The minimum Gasteiger partial charge on any atom is -0.487 e. The van der Waals surface area contributed by atoms with Crippen molar-refractivity contribution in [2.24, 2.45) is 0 Å². The number of aromatic nitrogens is 2. The SMILES string of the molecule is COc1cc2c(s1)-c1ncnc(N)c1C(C)(C)C2. The molecule has 4 nitrogen and oxygen atoms in total. The Hall–Kier alpha value is -1.62. The maximum Gasteiger partial charge on any atom is 0.174 e. The number of fused-ring (bicyclic) bond motifs is 3. The van der Waals surface area contributed by atoms with Crippen LogP contribution in [0.2, 0.25) is 0 Å². The molecule has 0 saturated heterocycles. The minimum atomic E-state index is -0.0419. The van der Waals surface area contributed by atoms with Gasteiger partial charge in [-0.2, -0.15) is 0 Å². The van der Waals surface area contributed by atoms with Gasteiger partial charge in [0.05, 0.1) is 17.7 Å². The predicted octanol–water partition coefficient (Wildman–Crippen LogP) is 2.63. The molecule has 0 unspecified atom stereocenters. The van der Waals surface area contributed by atoms with E-state index in [4.69, 9.17) is 10.5 Å². The number of thiophene rings is 1. The first kappa shape index (κ1) is 11.5. The van der Waals surface area contributed by atoms with Gasteiger partial charge in [0.1, 0.15) is 12.1 Å². The summed E-state index contributed by atoms with van der Waals surface area (Å²) in [4.78, 5) is 9.72. The number of nitrogen functional groups attached to an aromatic ring is 1. The van der Waals surface area contributed by atoms with Gasteiger partial charge in [0.2, 0.25) is 0 Å². The molecule has 0 amide bonds. The van der Waals surface area contributed by atoms with Crippen molar-refractivity contribution in [3.8, 4) is 15.6 Å². The molecule has 2 heterocycles. The summed E-state index contributed by atoms with van der Waals surface area (Å²) in [7, 11) is 1.69. The highest BCUT2D eigenvalue weighted by Crippen LogP contribution is 2.48. The lowest BCUT2D eigenvalue weighted by Gasteiger charge is -2.31. The van der Waals surface area contributed by atoms with Gasteiger partial charge in [0.25, 0.3) is 0 Å². The number of rotatable bonds is 1. The van der Waals surface area contributed by atoms with E-state index in [1.165, 1.54) is 11.9 Å². The van der Waals surface area contributed by atoms with E-state index in [2.05, 4.69) is 29.9 Å². The van der Waals surface area contributed by atoms with Crippen LogP contribution in [0.4, 0.5) is 5.82 Å². The van der Waals surface area contributed by atoms with Crippen LogP contribution < -0.4 is 10.5 Å². The average Bonchev–Trinajstić information content (AvgIpc) is 2.70. The topological polar surface area (TPSA) is 61.0 Å². The molecule has 0 fully saturated rings. The summed E-state index contributed by atoms with van der Waals surface area (Å²) >= 11 is 1.62. The highest BCUT2D eigenvalue weighted by Gasteiger charge is 2.35. The van der Waals surface area contributed by atoms with Crippen molar-refractivity contribution < 1.29 is 4.74 Å². The van der Waals surface area contributed by atoms with Crippen LogP contribution in [-0.2, 0) is 11.8 Å². The number of hydrogen-bond donors (Lipinski definition) is 1. The third kappa shape index (κ3) is 1.50. The zero-order valence-electron chi connectivity index (χ0n) is 10.7. The van der Waals surface area contributed by atoms with Crippen molar-refractivity contribution in [1.29, 1.82) is 0 Å². The number of nitrogens with zero attached hydrogens (tertiary/aromatic N) is 2. The van der Waals surface area contributed by atoms with Crippen LogP contribution in [0.25, 0.3) is 10.6 Å². The normalized spacial score (nSPS) is 15.9. The van der Waals surface area contributed by atoms with E-state index >= 15 is 0 Å². The zero-order valence-corrected chi connectivity index (χ0v) is 11.5. The standard InChI is InChI=1S/C13H15N3OS/c1-13(2)5-7-4-8(17-3)18-11(7)10-9(13)12(14)16-6-15-10/h4,6H,5H2,1-3H3,(H2,14,15,16). The Morgan fingerprint density at radius 2 is 2.17 bits per heavy atom. The van der Waals surface area contributed by atoms with E-state index in [0.717, 1.165) is 27.6 Å². The molecular formula is C13H15N3OS. The second-order valence-electron chi connectivity index (χ2n) is 5.17. The lowest BCUT2D eigenvalue weighted by molar-refractivity contribution is 0.426. The van der Waals surface area contributed by atoms with Crippen molar-refractivity contribution in [2.45, 2.75) is 25.7 Å². The van der Waals surface area contributed by atoms with Crippen LogP contribution in [0.3, 0.4) is 0 Å². The van der Waals surface area contributed by atoms with Crippen molar-refractivity contribution in [2.75, 3.05) is 12.8 Å². The molecule has 18 heavy (non-hydrogen) atoms. The fourth-order valence-electron chi connectivity index (χ4n) is 2.64. The van der Waals surface area contributed by atoms with Gasteiger partial charge in [-0.05, 0) is 23.5 Å². The van der Waals surface area contributed by atoms with Crippen molar-refractivity contribution >= 4 is 17.2 Å². The molecule has 0 atom stereocenters. The van der Waals surface area contributed by atoms with E-state index in [-0.39, 0.29) is 5.41 Å². The van der Waals surface area contributed by atoms with Crippen molar-refractivity contribution in [3.05, 3.63) is 23.5 Å². The highest BCUT2D eigenvalue weighted by molar-refractivity contribution is 7.17. The average molecular weight is 261 g/mol. The van der Waals surface area contributed by atoms with Gasteiger partial charge in [0.15, 0.2) is 5.06 Å². The Balaban J connectivity index is 2.30. The molecule has 2 aromatic heterocycles. The largest absolute Gasteiger partial charge is 0.487 e. The maximum absolute atomic E-state index is 6.04. The molecular weight excluding hydrogens is 246 g/mol. The first-order chi connectivity index (χ1) is 8.53. The Morgan fingerprint density at radius 1 is 1.39 bits per heavy atom. The van der Waals surface area contributed by atoms with Gasteiger partial charge in [-0.15, -0.1) is 0 Å². The Kier molecular flexibility index (Phi) is 2.35. The molecule has 1 aliphatic rings. The summed E-state index contributed by atoms with van der Waals surface area (Å²) in [6, 6.07) is 2.10. The molecule has 5 heteroatoms. The Morgan fingerprint density at radius 3 is 2.89 bits per heavy atom. The van der Waals surface area contributed by atoms with Crippen LogP contribution in [-0.4, -0.2) is 17.1 Å². The van der Waals surface area contributed by atoms with Gasteiger partial charge >= 0.3 is 0 Å². The highest BCUT2D eigenvalue weighted by atomic mass is 32.1. The predicted molar refractivity (Wildman–Crippen MR) is 73.0 cm³/mol. The first-order valence-corrected chi connectivity index (χ1v) is 6.62. The van der Waals surface area contributed by atoms with Gasteiger partial charge in [-0.3, -0.25) is 0 Å². The number of ether oxygens (including phenoxy) is 1. The monoisotopic (exact) mass is 261 g/mol. The third-order valence-electron chi connectivity index (χ3n) is 3.39. The maximum atomic E-state index is 6.04. The van der Waals surface area contributed by atoms with Gasteiger partial charge in [-0.25, -0.2) is 9.97 Å².